The predicted molar refractivity (Wildman–Crippen MR) is 70.8 cm³/mol. The zero-order valence-corrected chi connectivity index (χ0v) is 10.9. The van der Waals surface area contributed by atoms with Crippen molar-refractivity contribution in [2.75, 3.05) is 13.7 Å². The Morgan fingerprint density at radius 3 is 3.06 bits per heavy atom. The van der Waals surface area contributed by atoms with Crippen molar-refractivity contribution < 1.29 is 4.74 Å². The molecule has 0 spiro atoms. The molecule has 90 valence electrons. The second kappa shape index (κ2) is 3.96. The molecule has 0 radical (unpaired) electrons. The van der Waals surface area contributed by atoms with Crippen LogP contribution in [-0.2, 0) is 5.54 Å². The van der Waals surface area contributed by atoms with Gasteiger partial charge in [-0.2, -0.15) is 0 Å². The second-order valence-electron chi connectivity index (χ2n) is 4.72. The minimum atomic E-state index is 0.0664. The number of benzene rings is 1. The molecular weight excluding hydrogens is 232 g/mol. The molecule has 1 aliphatic heterocycles. The number of hydrogen-bond donors (Lipinski definition) is 1. The van der Waals surface area contributed by atoms with Gasteiger partial charge in [0.1, 0.15) is 10.8 Å². The van der Waals surface area contributed by atoms with Crippen molar-refractivity contribution >= 4 is 21.6 Å². The normalized spacial score (nSPS) is 24.4. The SMILES string of the molecule is COc1ccc2sc(C3(C)CCCN3)nc2c1. The van der Waals surface area contributed by atoms with Gasteiger partial charge in [-0.1, -0.05) is 0 Å². The molecule has 0 aliphatic carbocycles. The summed E-state index contributed by atoms with van der Waals surface area (Å²) in [4.78, 5) is 4.75. The fourth-order valence-corrected chi connectivity index (χ4v) is 3.44. The molecule has 1 aromatic carbocycles. The fraction of sp³-hybridized carbons (Fsp3) is 0.462. The van der Waals surface area contributed by atoms with Gasteiger partial charge in [-0.15, -0.1) is 11.3 Å². The van der Waals surface area contributed by atoms with Crippen LogP contribution in [-0.4, -0.2) is 18.6 Å². The van der Waals surface area contributed by atoms with E-state index in [9.17, 15) is 0 Å². The van der Waals surface area contributed by atoms with Crippen LogP contribution in [0, 0.1) is 0 Å². The first kappa shape index (κ1) is 11.0. The first-order valence-corrected chi connectivity index (χ1v) is 6.73. The van der Waals surface area contributed by atoms with E-state index in [1.165, 1.54) is 22.5 Å². The number of hydrogen-bond acceptors (Lipinski definition) is 4. The molecule has 1 aromatic heterocycles. The minimum absolute atomic E-state index is 0.0664. The molecule has 1 saturated heterocycles. The van der Waals surface area contributed by atoms with Gasteiger partial charge < -0.3 is 10.1 Å². The Kier molecular flexibility index (Phi) is 2.56. The topological polar surface area (TPSA) is 34.1 Å². The largest absolute Gasteiger partial charge is 0.497 e. The molecule has 0 amide bonds. The van der Waals surface area contributed by atoms with Crippen LogP contribution in [0.1, 0.15) is 24.8 Å². The van der Waals surface area contributed by atoms with Crippen LogP contribution in [0.15, 0.2) is 18.2 Å². The number of fused-ring (bicyclic) bond motifs is 1. The molecule has 3 rings (SSSR count). The van der Waals surface area contributed by atoms with Gasteiger partial charge in [-0.05, 0) is 38.4 Å². The van der Waals surface area contributed by atoms with Gasteiger partial charge in [0.15, 0.2) is 0 Å². The summed E-state index contributed by atoms with van der Waals surface area (Å²) in [6.07, 6.45) is 2.40. The van der Waals surface area contributed by atoms with E-state index in [-0.39, 0.29) is 5.54 Å². The maximum atomic E-state index is 5.23. The molecule has 0 bridgehead atoms. The highest BCUT2D eigenvalue weighted by molar-refractivity contribution is 7.18. The molecule has 17 heavy (non-hydrogen) atoms. The molecular formula is C13H16N2OS. The van der Waals surface area contributed by atoms with Crippen LogP contribution < -0.4 is 10.1 Å². The summed E-state index contributed by atoms with van der Waals surface area (Å²) in [7, 11) is 1.69. The van der Waals surface area contributed by atoms with Gasteiger partial charge >= 0.3 is 0 Å². The number of thiazole rings is 1. The molecule has 2 aromatic rings. The predicted octanol–water partition coefficient (Wildman–Crippen LogP) is 2.90. The Morgan fingerprint density at radius 1 is 1.47 bits per heavy atom. The van der Waals surface area contributed by atoms with E-state index in [1.807, 2.05) is 12.1 Å². The highest BCUT2D eigenvalue weighted by Crippen LogP contribution is 2.36. The zero-order chi connectivity index (χ0) is 11.9. The summed E-state index contributed by atoms with van der Waals surface area (Å²) in [5.41, 5.74) is 1.11. The number of nitrogens with one attached hydrogen (secondary N) is 1. The van der Waals surface area contributed by atoms with E-state index in [0.717, 1.165) is 17.8 Å². The highest BCUT2D eigenvalue weighted by atomic mass is 32.1. The highest BCUT2D eigenvalue weighted by Gasteiger charge is 2.33. The number of ether oxygens (including phenoxy) is 1. The van der Waals surface area contributed by atoms with Gasteiger partial charge in [0.05, 0.1) is 22.9 Å². The third-order valence-corrected chi connectivity index (χ3v) is 4.74. The first-order valence-electron chi connectivity index (χ1n) is 5.91. The first-order chi connectivity index (χ1) is 8.21. The van der Waals surface area contributed by atoms with Crippen LogP contribution in [0.2, 0.25) is 0 Å². The molecule has 1 aliphatic rings. The molecule has 4 heteroatoms. The molecule has 1 atom stereocenters. The number of nitrogens with zero attached hydrogens (tertiary/aromatic N) is 1. The maximum absolute atomic E-state index is 5.23. The van der Waals surface area contributed by atoms with Gasteiger partial charge in [0, 0.05) is 6.07 Å². The van der Waals surface area contributed by atoms with E-state index in [1.54, 1.807) is 18.4 Å². The van der Waals surface area contributed by atoms with Gasteiger partial charge in [0.2, 0.25) is 0 Å². The van der Waals surface area contributed by atoms with Crippen molar-refractivity contribution in [1.82, 2.24) is 10.3 Å². The third-order valence-electron chi connectivity index (χ3n) is 3.44. The van der Waals surface area contributed by atoms with E-state index in [4.69, 9.17) is 9.72 Å². The Balaban J connectivity index is 2.07. The van der Waals surface area contributed by atoms with Crippen molar-refractivity contribution in [2.45, 2.75) is 25.3 Å². The number of aromatic nitrogens is 1. The summed E-state index contributed by atoms with van der Waals surface area (Å²) in [5, 5.41) is 4.75. The van der Waals surface area contributed by atoms with Crippen molar-refractivity contribution in [1.29, 1.82) is 0 Å². The van der Waals surface area contributed by atoms with E-state index < -0.39 is 0 Å². The molecule has 1 N–H and O–H groups in total. The standard InChI is InChI=1S/C13H16N2OS/c1-13(6-3-7-14-13)12-15-10-8-9(16-2)4-5-11(10)17-12/h4-5,8,14H,3,6-7H2,1-2H3. The van der Waals surface area contributed by atoms with Crippen LogP contribution in [0.5, 0.6) is 5.75 Å². The Bertz CT molecular complexity index is 543. The smallest absolute Gasteiger partial charge is 0.121 e. The third kappa shape index (κ3) is 1.81. The van der Waals surface area contributed by atoms with Crippen molar-refractivity contribution in [3.63, 3.8) is 0 Å². The zero-order valence-electron chi connectivity index (χ0n) is 10.1. The summed E-state index contributed by atoms with van der Waals surface area (Å²) in [6.45, 7) is 3.34. The molecule has 2 heterocycles. The van der Waals surface area contributed by atoms with Crippen LogP contribution in [0.3, 0.4) is 0 Å². The average Bonchev–Trinajstić information content (AvgIpc) is 2.94. The molecule has 3 nitrogen and oxygen atoms in total. The van der Waals surface area contributed by atoms with Crippen molar-refractivity contribution in [3.05, 3.63) is 23.2 Å². The lowest BCUT2D eigenvalue weighted by Gasteiger charge is -2.20. The fourth-order valence-electron chi connectivity index (χ4n) is 2.35. The monoisotopic (exact) mass is 248 g/mol. The number of methoxy groups -OCH3 is 1. The summed E-state index contributed by atoms with van der Waals surface area (Å²) >= 11 is 1.78. The van der Waals surface area contributed by atoms with Crippen molar-refractivity contribution in [3.8, 4) is 5.75 Å². The lowest BCUT2D eigenvalue weighted by molar-refractivity contribution is 0.415. The lowest BCUT2D eigenvalue weighted by Crippen LogP contribution is -2.32. The van der Waals surface area contributed by atoms with Crippen LogP contribution >= 0.6 is 11.3 Å². The van der Waals surface area contributed by atoms with E-state index in [0.29, 0.717) is 0 Å². The Hall–Kier alpha value is -1.13. The van der Waals surface area contributed by atoms with Crippen molar-refractivity contribution in [2.24, 2.45) is 0 Å². The van der Waals surface area contributed by atoms with Crippen LogP contribution in [0.25, 0.3) is 10.2 Å². The maximum Gasteiger partial charge on any atom is 0.121 e. The van der Waals surface area contributed by atoms with Gasteiger partial charge in [-0.25, -0.2) is 4.98 Å². The summed E-state index contributed by atoms with van der Waals surface area (Å²) in [5.74, 6) is 0.874. The minimum Gasteiger partial charge on any atom is -0.497 e. The molecule has 1 fully saturated rings. The Morgan fingerprint density at radius 2 is 2.35 bits per heavy atom. The average molecular weight is 248 g/mol. The van der Waals surface area contributed by atoms with Crippen LogP contribution in [0.4, 0.5) is 0 Å². The second-order valence-corrected chi connectivity index (χ2v) is 5.75. The quantitative estimate of drug-likeness (QED) is 0.887. The summed E-state index contributed by atoms with van der Waals surface area (Å²) < 4.78 is 6.46. The Labute approximate surface area is 105 Å². The van der Waals surface area contributed by atoms with E-state index in [2.05, 4.69) is 18.3 Å². The lowest BCUT2D eigenvalue weighted by atomic mass is 10.0. The van der Waals surface area contributed by atoms with Gasteiger partial charge in [0.25, 0.3) is 0 Å². The number of rotatable bonds is 2. The summed E-state index contributed by atoms with van der Waals surface area (Å²) in [6, 6.07) is 6.09. The van der Waals surface area contributed by atoms with E-state index >= 15 is 0 Å². The van der Waals surface area contributed by atoms with Gasteiger partial charge in [-0.3, -0.25) is 0 Å². The molecule has 0 saturated carbocycles. The molecule has 1 unspecified atom stereocenters.